The fraction of sp³-hybridized carbons (Fsp3) is 0.500. The van der Waals surface area contributed by atoms with Gasteiger partial charge in [-0.2, -0.15) is 0 Å². The minimum atomic E-state index is -3.17. The van der Waals surface area contributed by atoms with E-state index in [2.05, 4.69) is 10.3 Å². The topological polar surface area (TPSA) is 88.6 Å². The molecule has 0 atom stereocenters. The Labute approximate surface area is 176 Å². The molecular weight excluding hydrogens is 410 g/mol. The van der Waals surface area contributed by atoms with Gasteiger partial charge in [0.15, 0.2) is 0 Å². The second-order valence-electron chi connectivity index (χ2n) is 7.19. The first-order valence-electron chi connectivity index (χ1n) is 9.80. The number of hydrogen-bond acceptors (Lipinski definition) is 6. The number of hydrogen-bond donors (Lipinski definition) is 1. The number of sulfonamides is 1. The van der Waals surface area contributed by atoms with Crippen molar-refractivity contribution in [1.29, 1.82) is 0 Å². The SMILES string of the molecule is CCCS(=O)(=O)N1CCC(NC(=O)c2csc(COc3ccc(C)cc3)n2)CC1. The summed E-state index contributed by atoms with van der Waals surface area (Å²) in [6, 6.07) is 7.74. The highest BCUT2D eigenvalue weighted by Gasteiger charge is 2.28. The van der Waals surface area contributed by atoms with Gasteiger partial charge in [-0.1, -0.05) is 24.6 Å². The smallest absolute Gasteiger partial charge is 0.270 e. The minimum Gasteiger partial charge on any atom is -0.486 e. The van der Waals surface area contributed by atoms with Crippen LogP contribution in [-0.4, -0.2) is 48.5 Å². The van der Waals surface area contributed by atoms with E-state index in [1.165, 1.54) is 21.2 Å². The van der Waals surface area contributed by atoms with Crippen molar-refractivity contribution in [3.63, 3.8) is 0 Å². The van der Waals surface area contributed by atoms with Crippen LogP contribution >= 0.6 is 11.3 Å². The van der Waals surface area contributed by atoms with Crippen molar-refractivity contribution in [2.45, 2.75) is 45.8 Å². The summed E-state index contributed by atoms with van der Waals surface area (Å²) in [5, 5.41) is 5.43. The molecule has 9 heteroatoms. The number of amides is 1. The maximum absolute atomic E-state index is 12.5. The van der Waals surface area contributed by atoms with Crippen molar-refractivity contribution in [2.75, 3.05) is 18.8 Å². The Kier molecular flexibility index (Phi) is 7.26. The van der Waals surface area contributed by atoms with Crippen LogP contribution in [-0.2, 0) is 16.6 Å². The molecule has 1 aliphatic heterocycles. The molecule has 1 fully saturated rings. The fourth-order valence-electron chi connectivity index (χ4n) is 3.19. The maximum Gasteiger partial charge on any atom is 0.270 e. The number of piperidine rings is 1. The molecule has 0 radical (unpaired) electrons. The van der Waals surface area contributed by atoms with Gasteiger partial charge in [-0.05, 0) is 38.3 Å². The van der Waals surface area contributed by atoms with Gasteiger partial charge in [0.25, 0.3) is 5.91 Å². The molecule has 0 spiro atoms. The van der Waals surface area contributed by atoms with Crippen molar-refractivity contribution < 1.29 is 17.9 Å². The van der Waals surface area contributed by atoms with E-state index in [0.29, 0.717) is 44.7 Å². The summed E-state index contributed by atoms with van der Waals surface area (Å²) in [4.78, 5) is 16.8. The number of carbonyl (C=O) groups is 1. The average Bonchev–Trinajstić information content (AvgIpc) is 3.17. The van der Waals surface area contributed by atoms with Gasteiger partial charge in [-0.25, -0.2) is 17.7 Å². The van der Waals surface area contributed by atoms with Crippen molar-refractivity contribution in [1.82, 2.24) is 14.6 Å². The third-order valence-corrected chi connectivity index (χ3v) is 7.71. The summed E-state index contributed by atoms with van der Waals surface area (Å²) in [5.74, 6) is 0.718. The largest absolute Gasteiger partial charge is 0.486 e. The van der Waals surface area contributed by atoms with E-state index in [1.54, 1.807) is 5.38 Å². The van der Waals surface area contributed by atoms with E-state index in [9.17, 15) is 13.2 Å². The van der Waals surface area contributed by atoms with Gasteiger partial charge < -0.3 is 10.1 Å². The molecule has 1 aromatic carbocycles. The quantitative estimate of drug-likeness (QED) is 0.686. The van der Waals surface area contributed by atoms with Crippen LogP contribution in [0.3, 0.4) is 0 Å². The number of rotatable bonds is 8. The van der Waals surface area contributed by atoms with Crippen LogP contribution in [0.1, 0.15) is 47.2 Å². The fourth-order valence-corrected chi connectivity index (χ4v) is 5.41. The molecule has 1 aromatic heterocycles. The third kappa shape index (κ3) is 6.01. The molecule has 2 heterocycles. The highest BCUT2D eigenvalue weighted by Crippen LogP contribution is 2.18. The van der Waals surface area contributed by atoms with E-state index in [0.717, 1.165) is 10.8 Å². The predicted octanol–water partition coefficient (Wildman–Crippen LogP) is 2.96. The Balaban J connectivity index is 1.47. The Morgan fingerprint density at radius 2 is 1.97 bits per heavy atom. The molecule has 1 N–H and O–H groups in total. The van der Waals surface area contributed by atoms with Crippen LogP contribution in [0.4, 0.5) is 0 Å². The molecule has 1 amide bonds. The average molecular weight is 438 g/mol. The van der Waals surface area contributed by atoms with Crippen LogP contribution in [0.15, 0.2) is 29.6 Å². The standard InChI is InChI=1S/C20H27N3O4S2/c1-3-12-29(25,26)23-10-8-16(9-11-23)21-20(24)18-14-28-19(22-18)13-27-17-6-4-15(2)5-7-17/h4-7,14,16H,3,8-13H2,1-2H3,(H,21,24). The number of thiazole rings is 1. The Morgan fingerprint density at radius 3 is 2.62 bits per heavy atom. The summed E-state index contributed by atoms with van der Waals surface area (Å²) in [7, 11) is -3.17. The van der Waals surface area contributed by atoms with Gasteiger partial charge in [-0.3, -0.25) is 4.79 Å². The maximum atomic E-state index is 12.5. The van der Waals surface area contributed by atoms with Gasteiger partial charge in [-0.15, -0.1) is 11.3 Å². The second-order valence-corrected chi connectivity index (χ2v) is 10.2. The molecule has 0 saturated carbocycles. The molecule has 158 valence electrons. The van der Waals surface area contributed by atoms with Gasteiger partial charge in [0.1, 0.15) is 23.1 Å². The van der Waals surface area contributed by atoms with Crippen molar-refractivity contribution in [2.24, 2.45) is 0 Å². The minimum absolute atomic E-state index is 0.0375. The van der Waals surface area contributed by atoms with Gasteiger partial charge in [0.2, 0.25) is 10.0 Å². The van der Waals surface area contributed by atoms with Gasteiger partial charge in [0.05, 0.1) is 5.75 Å². The first kappa shape index (κ1) is 21.7. The molecular formula is C20H27N3O4S2. The highest BCUT2D eigenvalue weighted by molar-refractivity contribution is 7.89. The molecule has 0 unspecified atom stereocenters. The number of ether oxygens (including phenoxy) is 1. The zero-order chi connectivity index (χ0) is 20.9. The van der Waals surface area contributed by atoms with Gasteiger partial charge in [0, 0.05) is 24.5 Å². The number of benzene rings is 1. The lowest BCUT2D eigenvalue weighted by atomic mass is 10.1. The van der Waals surface area contributed by atoms with E-state index in [1.807, 2.05) is 38.1 Å². The molecule has 1 saturated heterocycles. The lowest BCUT2D eigenvalue weighted by molar-refractivity contribution is 0.0919. The zero-order valence-electron chi connectivity index (χ0n) is 16.8. The van der Waals surface area contributed by atoms with E-state index in [4.69, 9.17) is 4.74 Å². The molecule has 3 rings (SSSR count). The lowest BCUT2D eigenvalue weighted by Crippen LogP contribution is -2.47. The predicted molar refractivity (Wildman–Crippen MR) is 114 cm³/mol. The monoisotopic (exact) mass is 437 g/mol. The zero-order valence-corrected chi connectivity index (χ0v) is 18.4. The third-order valence-electron chi connectivity index (χ3n) is 4.81. The lowest BCUT2D eigenvalue weighted by Gasteiger charge is -2.31. The summed E-state index contributed by atoms with van der Waals surface area (Å²) >= 11 is 1.39. The summed E-state index contributed by atoms with van der Waals surface area (Å²) in [6.45, 7) is 5.08. The number of carbonyl (C=O) groups excluding carboxylic acids is 1. The van der Waals surface area contributed by atoms with Crippen LogP contribution in [0, 0.1) is 6.92 Å². The Bertz CT molecular complexity index is 917. The number of nitrogens with zero attached hydrogens (tertiary/aromatic N) is 2. The summed E-state index contributed by atoms with van der Waals surface area (Å²) < 4.78 is 31.5. The van der Waals surface area contributed by atoms with Crippen molar-refractivity contribution >= 4 is 27.3 Å². The first-order valence-corrected chi connectivity index (χ1v) is 12.3. The van der Waals surface area contributed by atoms with E-state index < -0.39 is 10.0 Å². The van der Waals surface area contributed by atoms with Crippen LogP contribution in [0.25, 0.3) is 0 Å². The summed E-state index contributed by atoms with van der Waals surface area (Å²) in [5.41, 5.74) is 1.54. The number of aryl methyl sites for hydroxylation is 1. The van der Waals surface area contributed by atoms with Gasteiger partial charge >= 0.3 is 0 Å². The van der Waals surface area contributed by atoms with Crippen LogP contribution in [0.2, 0.25) is 0 Å². The van der Waals surface area contributed by atoms with Crippen molar-refractivity contribution in [3.05, 3.63) is 45.9 Å². The highest BCUT2D eigenvalue weighted by atomic mass is 32.2. The molecule has 0 aliphatic carbocycles. The Hall–Kier alpha value is -1.97. The second kappa shape index (κ2) is 9.69. The van der Waals surface area contributed by atoms with E-state index in [-0.39, 0.29) is 17.7 Å². The molecule has 1 aliphatic rings. The number of nitrogens with one attached hydrogen (secondary N) is 1. The summed E-state index contributed by atoms with van der Waals surface area (Å²) in [6.07, 6.45) is 1.84. The van der Waals surface area contributed by atoms with Crippen LogP contribution < -0.4 is 10.1 Å². The first-order chi connectivity index (χ1) is 13.9. The molecule has 0 bridgehead atoms. The molecule has 2 aromatic rings. The number of aromatic nitrogens is 1. The Morgan fingerprint density at radius 1 is 1.28 bits per heavy atom. The normalized spacial score (nSPS) is 15.9. The molecule has 7 nitrogen and oxygen atoms in total. The van der Waals surface area contributed by atoms with Crippen LogP contribution in [0.5, 0.6) is 5.75 Å². The van der Waals surface area contributed by atoms with E-state index >= 15 is 0 Å². The van der Waals surface area contributed by atoms with Crippen molar-refractivity contribution in [3.8, 4) is 5.75 Å². The molecule has 29 heavy (non-hydrogen) atoms.